The molecule has 0 saturated heterocycles. The molecule has 1 nitrogen and oxygen atoms in total. The Balaban J connectivity index is 2.50. The number of benzene rings is 1. The van der Waals surface area contributed by atoms with Crippen LogP contribution in [0.25, 0.3) is 0 Å². The molecule has 20 heavy (non-hydrogen) atoms. The number of hydrogen-bond donors (Lipinski definition) is 0. The first kappa shape index (κ1) is 17.8. The van der Waals surface area contributed by atoms with Crippen molar-refractivity contribution < 1.29 is 9.13 Å². The van der Waals surface area contributed by atoms with E-state index >= 15 is 0 Å². The Morgan fingerprint density at radius 2 is 1.85 bits per heavy atom. The van der Waals surface area contributed by atoms with E-state index in [1.807, 2.05) is 0 Å². The lowest BCUT2D eigenvalue weighted by atomic mass is 10.0. The molecule has 0 bridgehead atoms. The van der Waals surface area contributed by atoms with Crippen LogP contribution in [0, 0.1) is 5.82 Å². The Hall–Kier alpha value is -0.280. The number of rotatable bonds is 9. The fraction of sp³-hybridized carbons (Fsp3) is 0.625. The normalized spacial score (nSPS) is 12.4. The quantitative estimate of drug-likeness (QED) is 0.352. The molecule has 0 N–H and O–H groups in total. The molecule has 0 radical (unpaired) electrons. The molecule has 0 aromatic heterocycles. The second-order valence-electron chi connectivity index (χ2n) is 5.03. The van der Waals surface area contributed by atoms with Gasteiger partial charge in [-0.15, -0.1) is 11.6 Å². The van der Waals surface area contributed by atoms with Crippen molar-refractivity contribution in [2.24, 2.45) is 0 Å². The highest BCUT2D eigenvalue weighted by atomic mass is 79.9. The van der Waals surface area contributed by atoms with Crippen LogP contribution in [0.5, 0.6) is 5.75 Å². The zero-order chi connectivity index (χ0) is 15.0. The first-order valence-electron chi connectivity index (χ1n) is 7.27. The van der Waals surface area contributed by atoms with Gasteiger partial charge in [-0.25, -0.2) is 4.39 Å². The Kier molecular flexibility index (Phi) is 8.55. The number of hydrogen-bond acceptors (Lipinski definition) is 1. The third-order valence-electron chi connectivity index (χ3n) is 3.42. The van der Waals surface area contributed by atoms with E-state index in [2.05, 4.69) is 22.9 Å². The van der Waals surface area contributed by atoms with Gasteiger partial charge in [-0.1, -0.05) is 45.4 Å². The summed E-state index contributed by atoms with van der Waals surface area (Å²) < 4.78 is 19.1. The van der Waals surface area contributed by atoms with Gasteiger partial charge in [0.05, 0.1) is 17.0 Å². The zero-order valence-corrected chi connectivity index (χ0v) is 14.6. The Morgan fingerprint density at radius 3 is 2.50 bits per heavy atom. The number of unbranched alkanes of at least 4 members (excludes halogenated alkanes) is 5. The van der Waals surface area contributed by atoms with Crippen molar-refractivity contribution in [2.75, 3.05) is 7.11 Å². The summed E-state index contributed by atoms with van der Waals surface area (Å²) in [6.07, 6.45) is 8.32. The van der Waals surface area contributed by atoms with Crippen molar-refractivity contribution in [1.29, 1.82) is 0 Å². The second kappa shape index (κ2) is 9.62. The molecule has 4 heteroatoms. The standard InChI is InChI=1S/C16H23BrClFO/c1-3-4-5-6-7-8-9-14(18)12-10-13(17)15(19)11-16(12)20-2/h10-11,14H,3-9H2,1-2H3. The minimum Gasteiger partial charge on any atom is -0.496 e. The van der Waals surface area contributed by atoms with E-state index in [0.717, 1.165) is 18.4 Å². The predicted octanol–water partition coefficient (Wildman–Crippen LogP) is 6.63. The van der Waals surface area contributed by atoms with Crippen LogP contribution in [0.1, 0.15) is 62.8 Å². The molecule has 1 aromatic rings. The van der Waals surface area contributed by atoms with E-state index in [-0.39, 0.29) is 11.2 Å². The van der Waals surface area contributed by atoms with Crippen LogP contribution in [-0.2, 0) is 0 Å². The molecule has 1 unspecified atom stereocenters. The van der Waals surface area contributed by atoms with Crippen LogP contribution in [0.2, 0.25) is 0 Å². The highest BCUT2D eigenvalue weighted by Gasteiger charge is 2.16. The first-order chi connectivity index (χ1) is 9.60. The summed E-state index contributed by atoms with van der Waals surface area (Å²) in [7, 11) is 1.54. The number of methoxy groups -OCH3 is 1. The van der Waals surface area contributed by atoms with Crippen LogP contribution < -0.4 is 4.74 Å². The van der Waals surface area contributed by atoms with Crippen LogP contribution in [0.3, 0.4) is 0 Å². The summed E-state index contributed by atoms with van der Waals surface area (Å²) in [5, 5.41) is -0.131. The highest BCUT2D eigenvalue weighted by Crippen LogP contribution is 2.36. The number of halogens is 3. The molecule has 0 fully saturated rings. The van der Waals surface area contributed by atoms with Gasteiger partial charge in [0.1, 0.15) is 11.6 Å². The maximum atomic E-state index is 13.5. The lowest BCUT2D eigenvalue weighted by Gasteiger charge is -2.15. The number of ether oxygens (including phenoxy) is 1. The van der Waals surface area contributed by atoms with Crippen molar-refractivity contribution in [3.05, 3.63) is 28.0 Å². The summed E-state index contributed by atoms with van der Waals surface area (Å²) in [5.41, 5.74) is 0.857. The molecule has 114 valence electrons. The average molecular weight is 366 g/mol. The van der Waals surface area contributed by atoms with E-state index < -0.39 is 0 Å². The summed E-state index contributed by atoms with van der Waals surface area (Å²) in [6, 6.07) is 3.11. The van der Waals surface area contributed by atoms with Gasteiger partial charge in [-0.2, -0.15) is 0 Å². The Bertz CT molecular complexity index is 412. The Morgan fingerprint density at radius 1 is 1.20 bits per heavy atom. The van der Waals surface area contributed by atoms with Crippen molar-refractivity contribution in [2.45, 2.75) is 57.2 Å². The fourth-order valence-electron chi connectivity index (χ4n) is 2.22. The Labute approximate surface area is 135 Å². The van der Waals surface area contributed by atoms with Gasteiger partial charge in [0, 0.05) is 11.6 Å². The maximum Gasteiger partial charge on any atom is 0.141 e. The van der Waals surface area contributed by atoms with Crippen molar-refractivity contribution >= 4 is 27.5 Å². The largest absolute Gasteiger partial charge is 0.496 e. The van der Waals surface area contributed by atoms with Gasteiger partial charge in [0.25, 0.3) is 0 Å². The van der Waals surface area contributed by atoms with E-state index in [0.29, 0.717) is 10.2 Å². The van der Waals surface area contributed by atoms with Crippen LogP contribution in [0.4, 0.5) is 4.39 Å². The van der Waals surface area contributed by atoms with Gasteiger partial charge < -0.3 is 4.74 Å². The van der Waals surface area contributed by atoms with Gasteiger partial charge in [0.15, 0.2) is 0 Å². The summed E-state index contributed by atoms with van der Waals surface area (Å²) in [6.45, 7) is 2.22. The monoisotopic (exact) mass is 364 g/mol. The third kappa shape index (κ3) is 5.61. The minimum absolute atomic E-state index is 0.131. The lowest BCUT2D eigenvalue weighted by Crippen LogP contribution is -1.98. The number of alkyl halides is 1. The molecule has 1 atom stereocenters. The average Bonchev–Trinajstić information content (AvgIpc) is 2.44. The van der Waals surface area contributed by atoms with Gasteiger partial charge in [-0.05, 0) is 28.4 Å². The smallest absolute Gasteiger partial charge is 0.141 e. The first-order valence-corrected chi connectivity index (χ1v) is 8.50. The van der Waals surface area contributed by atoms with Crippen molar-refractivity contribution in [3.63, 3.8) is 0 Å². The molecule has 0 heterocycles. The van der Waals surface area contributed by atoms with Gasteiger partial charge in [-0.3, -0.25) is 0 Å². The molecule has 0 saturated carbocycles. The van der Waals surface area contributed by atoms with Crippen molar-refractivity contribution in [1.82, 2.24) is 0 Å². The van der Waals surface area contributed by atoms with E-state index in [1.165, 1.54) is 38.2 Å². The molecule has 0 aliphatic carbocycles. The summed E-state index contributed by atoms with van der Waals surface area (Å²) in [4.78, 5) is 0. The molecular formula is C16H23BrClFO. The molecule has 0 amide bonds. The fourth-order valence-corrected chi connectivity index (χ4v) is 2.91. The van der Waals surface area contributed by atoms with E-state index in [1.54, 1.807) is 13.2 Å². The summed E-state index contributed by atoms with van der Waals surface area (Å²) >= 11 is 9.63. The predicted molar refractivity (Wildman–Crippen MR) is 87.2 cm³/mol. The van der Waals surface area contributed by atoms with Gasteiger partial charge >= 0.3 is 0 Å². The highest BCUT2D eigenvalue weighted by molar-refractivity contribution is 9.10. The summed E-state index contributed by atoms with van der Waals surface area (Å²) in [5.74, 6) is 0.200. The molecular weight excluding hydrogens is 343 g/mol. The third-order valence-corrected chi connectivity index (χ3v) is 4.48. The molecule has 1 aromatic carbocycles. The van der Waals surface area contributed by atoms with Crippen LogP contribution in [0.15, 0.2) is 16.6 Å². The topological polar surface area (TPSA) is 9.23 Å². The molecule has 0 aliphatic rings. The second-order valence-corrected chi connectivity index (χ2v) is 6.41. The van der Waals surface area contributed by atoms with Crippen molar-refractivity contribution in [3.8, 4) is 5.75 Å². The molecule has 1 rings (SSSR count). The maximum absolute atomic E-state index is 13.5. The van der Waals surface area contributed by atoms with E-state index in [9.17, 15) is 4.39 Å². The van der Waals surface area contributed by atoms with E-state index in [4.69, 9.17) is 16.3 Å². The molecule has 0 aliphatic heterocycles. The lowest BCUT2D eigenvalue weighted by molar-refractivity contribution is 0.404. The zero-order valence-electron chi connectivity index (χ0n) is 12.2. The molecule has 0 spiro atoms. The SMILES string of the molecule is CCCCCCCCC(Cl)c1cc(Br)c(F)cc1OC. The van der Waals surface area contributed by atoms with Crippen LogP contribution in [-0.4, -0.2) is 7.11 Å². The minimum atomic E-state index is -0.325. The van der Waals surface area contributed by atoms with Crippen LogP contribution >= 0.6 is 27.5 Å². The van der Waals surface area contributed by atoms with Gasteiger partial charge in [0.2, 0.25) is 0 Å².